The summed E-state index contributed by atoms with van der Waals surface area (Å²) in [4.78, 5) is 9.86. The molecule has 1 aromatic heterocycles. The number of benzene rings is 2. The average molecular weight is 469 g/mol. The molecule has 3 aromatic rings. The Labute approximate surface area is 199 Å². The van der Waals surface area contributed by atoms with Gasteiger partial charge in [-0.05, 0) is 36.2 Å². The molecular weight excluding hydrogens is 440 g/mol. The minimum atomic E-state index is 0.691. The first-order chi connectivity index (χ1) is 16.1. The lowest BCUT2D eigenvalue weighted by molar-refractivity contribution is -0.0409. The van der Waals surface area contributed by atoms with E-state index < -0.39 is 0 Å². The smallest absolute Gasteiger partial charge is 0.162 e. The second-order valence-electron chi connectivity index (χ2n) is 8.33. The monoisotopic (exact) mass is 468 g/mol. The van der Waals surface area contributed by atoms with Crippen LogP contribution in [0, 0.1) is 6.92 Å². The van der Waals surface area contributed by atoms with E-state index in [0.29, 0.717) is 6.54 Å². The Kier molecular flexibility index (Phi) is 6.05. The first kappa shape index (κ1) is 21.9. The maximum Gasteiger partial charge on any atom is 0.162 e. The molecule has 0 spiro atoms. The Hall–Kier alpha value is -2.94. The van der Waals surface area contributed by atoms with Crippen LogP contribution in [-0.4, -0.2) is 60.5 Å². The third-order valence-corrected chi connectivity index (χ3v) is 6.90. The number of fused-ring (bicyclic) bond motifs is 1. The summed E-state index contributed by atoms with van der Waals surface area (Å²) in [6, 6.07) is 10.3. The first-order valence-electron chi connectivity index (χ1n) is 11.1. The molecule has 8 nitrogen and oxygen atoms in total. The van der Waals surface area contributed by atoms with E-state index in [2.05, 4.69) is 55.1 Å². The zero-order valence-electron chi connectivity index (χ0n) is 19.2. The Bertz CT molecular complexity index is 1110. The number of aromatic nitrogens is 2. The molecule has 0 unspecified atom stereocenters. The van der Waals surface area contributed by atoms with Crippen molar-refractivity contribution in [3.63, 3.8) is 0 Å². The number of imidazole rings is 1. The molecule has 0 radical (unpaired) electrons. The van der Waals surface area contributed by atoms with Gasteiger partial charge in [-0.2, -0.15) is 0 Å². The number of rotatable bonds is 6. The molecule has 33 heavy (non-hydrogen) atoms. The van der Waals surface area contributed by atoms with E-state index in [-0.39, 0.29) is 0 Å². The molecule has 2 aromatic carbocycles. The number of piperazine rings is 1. The van der Waals surface area contributed by atoms with Crippen molar-refractivity contribution in [2.45, 2.75) is 20.0 Å². The zero-order valence-corrected chi connectivity index (χ0v) is 20.0. The summed E-state index contributed by atoms with van der Waals surface area (Å²) in [6.45, 7) is 7.24. The molecule has 0 atom stereocenters. The van der Waals surface area contributed by atoms with Gasteiger partial charge < -0.3 is 19.4 Å². The van der Waals surface area contributed by atoms with Crippen LogP contribution in [-0.2, 0) is 13.1 Å². The van der Waals surface area contributed by atoms with Crippen LogP contribution in [0.1, 0.15) is 16.8 Å². The van der Waals surface area contributed by atoms with Gasteiger partial charge in [0.15, 0.2) is 11.5 Å². The van der Waals surface area contributed by atoms with E-state index in [1.54, 1.807) is 20.5 Å². The lowest BCUT2D eigenvalue weighted by Gasteiger charge is -2.44. The van der Waals surface area contributed by atoms with Crippen LogP contribution in [0.15, 0.2) is 42.9 Å². The van der Waals surface area contributed by atoms with Gasteiger partial charge in [0, 0.05) is 49.2 Å². The predicted octanol–water partition coefficient (Wildman–Crippen LogP) is 3.86. The standard InChI is InChI=1S/C24H29ClN6O2/c1-17-20(25)5-4-6-21(17)28-7-9-29(10-8-28)31-14-18-11-23(32-2)24(33-3)12-22(18)30(31)15-19-13-26-16-27-19/h4-6,11-13,16H,7-10,14-15H2,1-3H3,(H,26,27). The van der Waals surface area contributed by atoms with Crippen molar-refractivity contribution in [1.82, 2.24) is 20.1 Å². The van der Waals surface area contributed by atoms with Crippen LogP contribution < -0.4 is 19.4 Å². The number of hydrogen-bond acceptors (Lipinski definition) is 7. The molecule has 5 rings (SSSR count). The average Bonchev–Trinajstić information content (AvgIpc) is 3.48. The summed E-state index contributed by atoms with van der Waals surface area (Å²) in [5, 5.41) is 7.88. The SMILES string of the molecule is COc1cc2c(cc1OC)N(Cc1cnc[nH]1)N(N1CCN(c3cccc(Cl)c3C)CC1)C2. The number of nitrogens with one attached hydrogen (secondary N) is 1. The van der Waals surface area contributed by atoms with Crippen molar-refractivity contribution in [3.8, 4) is 11.5 Å². The summed E-state index contributed by atoms with van der Waals surface area (Å²) in [7, 11) is 3.35. The van der Waals surface area contributed by atoms with E-state index in [1.807, 2.05) is 18.3 Å². The summed E-state index contributed by atoms with van der Waals surface area (Å²) in [5.41, 5.74) is 5.74. The van der Waals surface area contributed by atoms with Gasteiger partial charge in [0.25, 0.3) is 0 Å². The maximum absolute atomic E-state index is 6.37. The molecule has 0 bridgehead atoms. The van der Waals surface area contributed by atoms with E-state index >= 15 is 0 Å². The fourth-order valence-electron chi connectivity index (χ4n) is 4.70. The number of nitrogens with zero attached hydrogens (tertiary/aromatic N) is 5. The van der Waals surface area contributed by atoms with Crippen LogP contribution in [0.25, 0.3) is 0 Å². The summed E-state index contributed by atoms with van der Waals surface area (Å²) < 4.78 is 11.1. The molecule has 2 aliphatic rings. The van der Waals surface area contributed by atoms with Crippen LogP contribution in [0.5, 0.6) is 11.5 Å². The van der Waals surface area contributed by atoms with Gasteiger partial charge in [0.1, 0.15) is 0 Å². The van der Waals surface area contributed by atoms with Crippen molar-refractivity contribution in [2.75, 3.05) is 50.3 Å². The van der Waals surface area contributed by atoms with Gasteiger partial charge in [-0.3, -0.25) is 5.01 Å². The number of methoxy groups -OCH3 is 2. The summed E-state index contributed by atoms with van der Waals surface area (Å²) in [5.74, 6) is 1.48. The molecule has 0 saturated carbocycles. The third kappa shape index (κ3) is 4.10. The van der Waals surface area contributed by atoms with Gasteiger partial charge in [-0.15, -0.1) is 5.12 Å². The van der Waals surface area contributed by atoms with E-state index in [0.717, 1.165) is 66.2 Å². The fraction of sp³-hybridized carbons (Fsp3) is 0.375. The number of hydrogen-bond donors (Lipinski definition) is 1. The number of anilines is 2. The number of ether oxygens (including phenoxy) is 2. The summed E-state index contributed by atoms with van der Waals surface area (Å²) in [6.07, 6.45) is 3.59. The topological polar surface area (TPSA) is 60.1 Å². The number of aromatic amines is 1. The second kappa shape index (κ2) is 9.13. The molecule has 3 heterocycles. The minimum absolute atomic E-state index is 0.691. The quantitative estimate of drug-likeness (QED) is 0.589. The van der Waals surface area contributed by atoms with Gasteiger partial charge >= 0.3 is 0 Å². The van der Waals surface area contributed by atoms with Gasteiger partial charge in [-0.25, -0.2) is 9.99 Å². The normalized spacial score (nSPS) is 16.8. The largest absolute Gasteiger partial charge is 0.493 e. The highest BCUT2D eigenvalue weighted by molar-refractivity contribution is 6.31. The molecule has 0 amide bonds. The Balaban J connectivity index is 1.39. The number of H-pyrrole nitrogens is 1. The Morgan fingerprint density at radius 2 is 1.79 bits per heavy atom. The van der Waals surface area contributed by atoms with Crippen LogP contribution in [0.3, 0.4) is 0 Å². The van der Waals surface area contributed by atoms with Crippen LogP contribution in [0.4, 0.5) is 11.4 Å². The first-order valence-corrected chi connectivity index (χ1v) is 11.5. The van der Waals surface area contributed by atoms with Crippen molar-refractivity contribution in [2.24, 2.45) is 0 Å². The molecule has 1 fully saturated rings. The van der Waals surface area contributed by atoms with Crippen LogP contribution in [0.2, 0.25) is 5.02 Å². The Morgan fingerprint density at radius 3 is 2.48 bits per heavy atom. The highest BCUT2D eigenvalue weighted by Crippen LogP contribution is 2.41. The molecule has 1 N–H and O–H groups in total. The van der Waals surface area contributed by atoms with E-state index in [9.17, 15) is 0 Å². The minimum Gasteiger partial charge on any atom is -0.493 e. The van der Waals surface area contributed by atoms with E-state index in [1.165, 1.54) is 11.3 Å². The summed E-state index contributed by atoms with van der Waals surface area (Å²) >= 11 is 6.37. The Morgan fingerprint density at radius 1 is 1.03 bits per heavy atom. The van der Waals surface area contributed by atoms with Gasteiger partial charge in [0.05, 0.1) is 45.0 Å². The molecule has 9 heteroatoms. The second-order valence-corrected chi connectivity index (χ2v) is 8.73. The van der Waals surface area contributed by atoms with Crippen molar-refractivity contribution in [1.29, 1.82) is 0 Å². The maximum atomic E-state index is 6.37. The van der Waals surface area contributed by atoms with E-state index in [4.69, 9.17) is 21.1 Å². The highest BCUT2D eigenvalue weighted by atomic mass is 35.5. The highest BCUT2D eigenvalue weighted by Gasteiger charge is 2.35. The third-order valence-electron chi connectivity index (χ3n) is 6.49. The van der Waals surface area contributed by atoms with Crippen molar-refractivity contribution < 1.29 is 9.47 Å². The molecule has 0 aliphatic carbocycles. The van der Waals surface area contributed by atoms with Gasteiger partial charge in [0.2, 0.25) is 0 Å². The fourth-order valence-corrected chi connectivity index (χ4v) is 4.87. The van der Waals surface area contributed by atoms with Crippen LogP contribution >= 0.6 is 11.6 Å². The van der Waals surface area contributed by atoms with Gasteiger partial charge in [-0.1, -0.05) is 17.7 Å². The number of hydrazine groups is 2. The molecular formula is C24H29ClN6O2. The van der Waals surface area contributed by atoms with Crippen molar-refractivity contribution >= 4 is 23.0 Å². The molecule has 2 aliphatic heterocycles. The lowest BCUT2D eigenvalue weighted by atomic mass is 10.1. The van der Waals surface area contributed by atoms with Crippen molar-refractivity contribution in [3.05, 3.63) is 64.7 Å². The molecule has 1 saturated heterocycles. The number of halogens is 1. The predicted molar refractivity (Wildman–Crippen MR) is 130 cm³/mol. The lowest BCUT2D eigenvalue weighted by Crippen LogP contribution is -2.57. The molecule has 174 valence electrons. The zero-order chi connectivity index (χ0) is 22.9.